The van der Waals surface area contributed by atoms with Gasteiger partial charge in [-0.3, -0.25) is 0 Å². The van der Waals surface area contributed by atoms with E-state index in [4.69, 9.17) is 11.6 Å². The van der Waals surface area contributed by atoms with Crippen LogP contribution >= 0.6 is 11.6 Å². The molecular formula is C11H11ClN2O3S. The molecule has 0 unspecified atom stereocenters. The van der Waals surface area contributed by atoms with Crippen LogP contribution in [0, 0.1) is 13.8 Å². The monoisotopic (exact) mass is 286 g/mol. The van der Waals surface area contributed by atoms with Gasteiger partial charge in [-0.2, -0.15) is 3.97 Å². The van der Waals surface area contributed by atoms with E-state index in [1.54, 1.807) is 13.8 Å². The van der Waals surface area contributed by atoms with E-state index in [9.17, 15) is 13.2 Å². The molecule has 0 radical (unpaired) electrons. The Morgan fingerprint density at radius 3 is 2.17 bits per heavy atom. The van der Waals surface area contributed by atoms with Crippen LogP contribution in [0.5, 0.6) is 0 Å². The first-order valence-corrected chi connectivity index (χ1v) is 6.95. The molecule has 96 valence electrons. The summed E-state index contributed by atoms with van der Waals surface area (Å²) in [5.41, 5.74) is 0.229. The normalized spacial score (nSPS) is 11.7. The minimum atomic E-state index is -3.88. The number of nitrogens with zero attached hydrogens (tertiary/aromatic N) is 1. The van der Waals surface area contributed by atoms with Crippen LogP contribution in [0.4, 0.5) is 0 Å². The van der Waals surface area contributed by atoms with Gasteiger partial charge in [-0.25, -0.2) is 13.2 Å². The summed E-state index contributed by atoms with van der Waals surface area (Å²) in [5.74, 6) is 0. The van der Waals surface area contributed by atoms with Gasteiger partial charge in [-0.05, 0) is 38.1 Å². The van der Waals surface area contributed by atoms with Crippen molar-refractivity contribution in [2.24, 2.45) is 0 Å². The Balaban J connectivity index is 2.69. The van der Waals surface area contributed by atoms with E-state index < -0.39 is 15.7 Å². The summed E-state index contributed by atoms with van der Waals surface area (Å²) < 4.78 is 25.4. The Morgan fingerprint density at radius 1 is 1.17 bits per heavy atom. The van der Waals surface area contributed by atoms with Gasteiger partial charge in [0.2, 0.25) is 0 Å². The van der Waals surface area contributed by atoms with Crippen molar-refractivity contribution in [3.8, 4) is 0 Å². The number of rotatable bonds is 2. The van der Waals surface area contributed by atoms with Crippen LogP contribution in [0.3, 0.4) is 0 Å². The molecule has 0 bridgehead atoms. The number of nitrogens with one attached hydrogen (secondary N) is 1. The van der Waals surface area contributed by atoms with E-state index in [-0.39, 0.29) is 4.90 Å². The van der Waals surface area contributed by atoms with Crippen molar-refractivity contribution >= 4 is 21.6 Å². The number of H-pyrrole nitrogens is 1. The van der Waals surface area contributed by atoms with Crippen LogP contribution in [0.25, 0.3) is 0 Å². The molecule has 1 aromatic heterocycles. The van der Waals surface area contributed by atoms with Crippen LogP contribution in [0.2, 0.25) is 5.02 Å². The maximum atomic E-state index is 12.3. The van der Waals surface area contributed by atoms with Crippen LogP contribution < -0.4 is 5.69 Å². The van der Waals surface area contributed by atoms with Gasteiger partial charge < -0.3 is 4.98 Å². The number of hydrogen-bond donors (Lipinski definition) is 1. The third-order valence-corrected chi connectivity index (χ3v) is 4.72. The number of aryl methyl sites for hydroxylation is 1. The van der Waals surface area contributed by atoms with E-state index in [2.05, 4.69) is 4.98 Å². The second kappa shape index (κ2) is 4.29. The van der Waals surface area contributed by atoms with Crippen molar-refractivity contribution in [1.29, 1.82) is 0 Å². The molecule has 7 heteroatoms. The molecule has 0 aliphatic heterocycles. The molecule has 0 atom stereocenters. The fraction of sp³-hybridized carbons (Fsp3) is 0.182. The van der Waals surface area contributed by atoms with E-state index in [0.717, 1.165) is 3.97 Å². The summed E-state index contributed by atoms with van der Waals surface area (Å²) >= 11 is 5.70. The lowest BCUT2D eigenvalue weighted by Crippen LogP contribution is -2.26. The molecule has 0 aliphatic carbocycles. The van der Waals surface area contributed by atoms with Crippen molar-refractivity contribution in [3.63, 3.8) is 0 Å². The minimum absolute atomic E-state index is 0.0242. The van der Waals surface area contributed by atoms with Crippen molar-refractivity contribution in [2.75, 3.05) is 0 Å². The smallest absolute Gasteiger partial charge is 0.309 e. The third-order valence-electron chi connectivity index (χ3n) is 2.68. The van der Waals surface area contributed by atoms with Gasteiger partial charge in [0.15, 0.2) is 0 Å². The van der Waals surface area contributed by atoms with Crippen LogP contribution in [0.1, 0.15) is 11.4 Å². The largest absolute Gasteiger partial charge is 0.340 e. The maximum Gasteiger partial charge on any atom is 0.340 e. The van der Waals surface area contributed by atoms with E-state index in [1.807, 2.05) is 0 Å². The van der Waals surface area contributed by atoms with Crippen molar-refractivity contribution in [1.82, 2.24) is 8.96 Å². The van der Waals surface area contributed by atoms with E-state index >= 15 is 0 Å². The summed E-state index contributed by atoms with van der Waals surface area (Å²) in [5, 5.41) is 0.434. The molecule has 0 fully saturated rings. The number of imidazole rings is 1. The molecule has 1 aromatic carbocycles. The highest BCUT2D eigenvalue weighted by atomic mass is 35.5. The van der Waals surface area contributed by atoms with Crippen LogP contribution in [-0.4, -0.2) is 17.4 Å². The first-order chi connectivity index (χ1) is 8.34. The Bertz CT molecular complexity index is 742. The van der Waals surface area contributed by atoms with Crippen molar-refractivity contribution in [2.45, 2.75) is 18.7 Å². The zero-order valence-corrected chi connectivity index (χ0v) is 11.3. The molecule has 2 aromatic rings. The molecule has 0 saturated carbocycles. The number of halogens is 1. The van der Waals surface area contributed by atoms with Gasteiger partial charge in [-0.1, -0.05) is 11.6 Å². The average Bonchev–Trinajstić information content (AvgIpc) is 2.54. The molecule has 1 heterocycles. The minimum Gasteiger partial charge on any atom is -0.309 e. The van der Waals surface area contributed by atoms with Gasteiger partial charge in [-0.15, -0.1) is 0 Å². The molecule has 0 amide bonds. The second-order valence-electron chi connectivity index (χ2n) is 3.86. The van der Waals surface area contributed by atoms with Gasteiger partial charge >= 0.3 is 5.69 Å². The first-order valence-electron chi connectivity index (χ1n) is 5.13. The Kier molecular flexibility index (Phi) is 3.08. The Hall–Kier alpha value is -1.53. The summed E-state index contributed by atoms with van der Waals surface area (Å²) in [6.07, 6.45) is 0. The van der Waals surface area contributed by atoms with Crippen molar-refractivity contribution in [3.05, 3.63) is 51.2 Å². The zero-order valence-electron chi connectivity index (χ0n) is 9.77. The van der Waals surface area contributed by atoms with E-state index in [1.165, 1.54) is 24.3 Å². The number of aromatic amines is 1. The number of benzene rings is 1. The summed E-state index contributed by atoms with van der Waals surface area (Å²) in [6.45, 7) is 3.21. The lowest BCUT2D eigenvalue weighted by molar-refractivity contribution is 0.584. The zero-order chi connectivity index (χ0) is 13.5. The highest BCUT2D eigenvalue weighted by molar-refractivity contribution is 7.90. The molecule has 0 aliphatic rings. The van der Waals surface area contributed by atoms with Crippen LogP contribution in [0.15, 0.2) is 34.0 Å². The topological polar surface area (TPSA) is 71.9 Å². The highest BCUT2D eigenvalue weighted by Crippen LogP contribution is 2.17. The molecule has 1 N–H and O–H groups in total. The molecule has 2 rings (SSSR count). The van der Waals surface area contributed by atoms with Crippen LogP contribution in [-0.2, 0) is 10.0 Å². The van der Waals surface area contributed by atoms with Gasteiger partial charge in [0.25, 0.3) is 10.0 Å². The molecule has 18 heavy (non-hydrogen) atoms. The maximum absolute atomic E-state index is 12.3. The Labute approximate surface area is 109 Å². The van der Waals surface area contributed by atoms with E-state index in [0.29, 0.717) is 16.4 Å². The lowest BCUT2D eigenvalue weighted by atomic mass is 10.4. The standard InChI is InChI=1S/C11H11ClN2O3S/c1-7-8(2)14(11(15)13-7)18(16,17)10-5-3-9(12)4-6-10/h3-6H,1-2H3,(H,13,15). The molecular weight excluding hydrogens is 276 g/mol. The second-order valence-corrected chi connectivity index (χ2v) is 6.09. The Morgan fingerprint density at radius 2 is 1.72 bits per heavy atom. The summed E-state index contributed by atoms with van der Waals surface area (Å²) in [4.78, 5) is 14.1. The summed E-state index contributed by atoms with van der Waals surface area (Å²) in [7, 11) is -3.88. The van der Waals surface area contributed by atoms with Gasteiger partial charge in [0.05, 0.1) is 10.6 Å². The predicted molar refractivity (Wildman–Crippen MR) is 68.6 cm³/mol. The first kappa shape index (κ1) is 12.9. The third kappa shape index (κ3) is 1.97. The lowest BCUT2D eigenvalue weighted by Gasteiger charge is -2.06. The molecule has 0 spiro atoms. The summed E-state index contributed by atoms with van der Waals surface area (Å²) in [6, 6.07) is 5.67. The fourth-order valence-electron chi connectivity index (χ4n) is 1.61. The SMILES string of the molecule is Cc1[nH]c(=O)n(S(=O)(=O)c2ccc(Cl)cc2)c1C. The number of aromatic nitrogens is 2. The fourth-order valence-corrected chi connectivity index (χ4v) is 3.19. The predicted octanol–water partition coefficient (Wildman–Crippen LogP) is 1.68. The average molecular weight is 287 g/mol. The molecule has 5 nitrogen and oxygen atoms in total. The van der Waals surface area contributed by atoms with Gasteiger partial charge in [0.1, 0.15) is 0 Å². The van der Waals surface area contributed by atoms with Gasteiger partial charge in [0, 0.05) is 10.7 Å². The highest BCUT2D eigenvalue weighted by Gasteiger charge is 2.22. The number of hydrogen-bond acceptors (Lipinski definition) is 3. The van der Waals surface area contributed by atoms with Crippen molar-refractivity contribution < 1.29 is 8.42 Å². The molecule has 0 saturated heterocycles. The quantitative estimate of drug-likeness (QED) is 0.913.